The molecule has 0 saturated carbocycles. The van der Waals surface area contributed by atoms with E-state index in [-0.39, 0.29) is 5.91 Å². The minimum absolute atomic E-state index is 0.139. The van der Waals surface area contributed by atoms with Gasteiger partial charge in [0, 0.05) is 18.7 Å². The molecule has 0 radical (unpaired) electrons. The quantitative estimate of drug-likeness (QED) is 0.765. The highest BCUT2D eigenvalue weighted by molar-refractivity contribution is 7.18. The summed E-state index contributed by atoms with van der Waals surface area (Å²) in [5.41, 5.74) is 3.76. The molecule has 0 aliphatic heterocycles. The zero-order chi connectivity index (χ0) is 17.2. The van der Waals surface area contributed by atoms with Crippen molar-refractivity contribution in [2.24, 2.45) is 0 Å². The third-order valence-electron chi connectivity index (χ3n) is 4.42. The number of nitrogens with zero attached hydrogens (tertiary/aromatic N) is 2. The number of aromatic nitrogens is 2. The molecule has 128 valence electrons. The van der Waals surface area contributed by atoms with Crippen molar-refractivity contribution in [2.45, 2.75) is 25.7 Å². The lowest BCUT2D eigenvalue weighted by Gasteiger charge is -2.10. The predicted molar refractivity (Wildman–Crippen MR) is 98.5 cm³/mol. The number of ether oxygens (including phenoxy) is 1. The number of aryl methyl sites for hydroxylation is 2. The van der Waals surface area contributed by atoms with E-state index in [1.807, 2.05) is 24.3 Å². The molecule has 1 aliphatic carbocycles. The Morgan fingerprint density at radius 1 is 1.28 bits per heavy atom. The van der Waals surface area contributed by atoms with Crippen molar-refractivity contribution >= 4 is 27.5 Å². The maximum Gasteiger partial charge on any atom is 0.256 e. The summed E-state index contributed by atoms with van der Waals surface area (Å²) < 4.78 is 6.49. The van der Waals surface area contributed by atoms with Gasteiger partial charge >= 0.3 is 0 Å². The number of carbonyl (C=O) groups is 1. The number of para-hydroxylation sites is 1. The van der Waals surface area contributed by atoms with E-state index in [1.165, 1.54) is 4.70 Å². The van der Waals surface area contributed by atoms with Gasteiger partial charge in [0.2, 0.25) is 5.88 Å². The lowest BCUT2D eigenvalue weighted by molar-refractivity contribution is 0.0950. The number of carbonyl (C=O) groups excluding carboxylic acids is 1. The van der Waals surface area contributed by atoms with E-state index in [0.29, 0.717) is 24.4 Å². The molecule has 4 rings (SSSR count). The van der Waals surface area contributed by atoms with Gasteiger partial charge in [-0.25, -0.2) is 9.97 Å². The summed E-state index contributed by atoms with van der Waals surface area (Å²) in [7, 11) is 1.56. The second-order valence-corrected chi connectivity index (χ2v) is 7.20. The van der Waals surface area contributed by atoms with Crippen LogP contribution in [-0.4, -0.2) is 29.5 Å². The van der Waals surface area contributed by atoms with Crippen LogP contribution in [0.2, 0.25) is 0 Å². The van der Waals surface area contributed by atoms with Gasteiger partial charge in [0.05, 0.1) is 22.3 Å². The van der Waals surface area contributed by atoms with Crippen molar-refractivity contribution in [1.82, 2.24) is 15.3 Å². The number of amides is 1. The number of thiazole rings is 1. The summed E-state index contributed by atoms with van der Waals surface area (Å²) in [5.74, 6) is 0.276. The number of fused-ring (bicyclic) bond motifs is 2. The molecular weight excluding hydrogens is 334 g/mol. The van der Waals surface area contributed by atoms with E-state index in [4.69, 9.17) is 4.74 Å². The molecule has 1 aliphatic rings. The summed E-state index contributed by atoms with van der Waals surface area (Å²) in [6, 6.07) is 10.0. The third kappa shape index (κ3) is 3.22. The molecule has 0 saturated heterocycles. The fraction of sp³-hybridized carbons (Fsp3) is 0.316. The molecule has 0 spiro atoms. The maximum absolute atomic E-state index is 12.5. The molecule has 2 heterocycles. The number of nitrogens with one attached hydrogen (secondary N) is 1. The van der Waals surface area contributed by atoms with Gasteiger partial charge in [-0.1, -0.05) is 12.1 Å². The Balaban J connectivity index is 1.43. The van der Waals surface area contributed by atoms with Crippen LogP contribution in [0.1, 0.15) is 33.0 Å². The zero-order valence-corrected chi connectivity index (χ0v) is 14.9. The summed E-state index contributed by atoms with van der Waals surface area (Å²) in [6.07, 6.45) is 3.75. The third-order valence-corrected chi connectivity index (χ3v) is 5.51. The predicted octanol–water partition coefficient (Wildman–Crippen LogP) is 3.16. The zero-order valence-electron chi connectivity index (χ0n) is 14.0. The standard InChI is InChI=1S/C19H19N3O2S/c1-24-19-13(11-12-5-4-7-14(12)22-19)18(23)20-10-9-17-21-15-6-2-3-8-16(15)25-17/h2-3,6,8,11H,4-5,7,9-10H2,1H3,(H,20,23). The van der Waals surface area contributed by atoms with Gasteiger partial charge < -0.3 is 10.1 Å². The first-order chi connectivity index (χ1) is 12.2. The van der Waals surface area contributed by atoms with Crippen LogP contribution in [0, 0.1) is 0 Å². The summed E-state index contributed by atoms with van der Waals surface area (Å²) >= 11 is 1.67. The van der Waals surface area contributed by atoms with Crippen molar-refractivity contribution in [1.29, 1.82) is 0 Å². The second-order valence-electron chi connectivity index (χ2n) is 6.09. The molecule has 2 aromatic heterocycles. The maximum atomic E-state index is 12.5. The van der Waals surface area contributed by atoms with E-state index in [2.05, 4.69) is 21.4 Å². The van der Waals surface area contributed by atoms with Crippen LogP contribution in [0.4, 0.5) is 0 Å². The number of hydrogen-bond donors (Lipinski definition) is 1. The van der Waals surface area contributed by atoms with Crippen molar-refractivity contribution < 1.29 is 9.53 Å². The molecule has 3 aromatic rings. The minimum atomic E-state index is -0.139. The van der Waals surface area contributed by atoms with Gasteiger partial charge in [0.15, 0.2) is 0 Å². The van der Waals surface area contributed by atoms with Crippen LogP contribution in [0.25, 0.3) is 10.2 Å². The molecule has 6 heteroatoms. The molecule has 0 atom stereocenters. The first kappa shape index (κ1) is 16.0. The average Bonchev–Trinajstić information content (AvgIpc) is 3.25. The Morgan fingerprint density at radius 3 is 3.00 bits per heavy atom. The first-order valence-corrected chi connectivity index (χ1v) is 9.25. The molecule has 1 N–H and O–H groups in total. The Labute approximate surface area is 150 Å². The fourth-order valence-electron chi connectivity index (χ4n) is 3.18. The van der Waals surface area contributed by atoms with Gasteiger partial charge in [0.1, 0.15) is 5.56 Å². The molecule has 25 heavy (non-hydrogen) atoms. The van der Waals surface area contributed by atoms with Gasteiger partial charge in [0.25, 0.3) is 5.91 Å². The number of benzene rings is 1. The summed E-state index contributed by atoms with van der Waals surface area (Å²) in [5, 5.41) is 3.99. The van der Waals surface area contributed by atoms with E-state index >= 15 is 0 Å². The SMILES string of the molecule is COc1nc2c(cc1C(=O)NCCc1nc3ccccc3s1)CCC2. The summed E-state index contributed by atoms with van der Waals surface area (Å²) in [4.78, 5) is 21.6. The first-order valence-electron chi connectivity index (χ1n) is 8.44. The molecule has 0 fully saturated rings. The Morgan fingerprint density at radius 2 is 2.16 bits per heavy atom. The van der Waals surface area contributed by atoms with E-state index in [1.54, 1.807) is 18.4 Å². The van der Waals surface area contributed by atoms with E-state index in [9.17, 15) is 4.79 Å². The smallest absolute Gasteiger partial charge is 0.256 e. The fourth-order valence-corrected chi connectivity index (χ4v) is 4.14. The molecule has 1 aromatic carbocycles. The highest BCUT2D eigenvalue weighted by atomic mass is 32.1. The van der Waals surface area contributed by atoms with Crippen LogP contribution in [0.5, 0.6) is 5.88 Å². The van der Waals surface area contributed by atoms with E-state index in [0.717, 1.165) is 41.0 Å². The van der Waals surface area contributed by atoms with Crippen LogP contribution in [0.3, 0.4) is 0 Å². The van der Waals surface area contributed by atoms with E-state index < -0.39 is 0 Å². The topological polar surface area (TPSA) is 64.1 Å². The highest BCUT2D eigenvalue weighted by Crippen LogP contribution is 2.26. The normalized spacial score (nSPS) is 13.0. The Bertz CT molecular complexity index is 903. The number of rotatable bonds is 5. The Hall–Kier alpha value is -2.47. The highest BCUT2D eigenvalue weighted by Gasteiger charge is 2.20. The van der Waals surface area contributed by atoms with Gasteiger partial charge in [-0.15, -0.1) is 11.3 Å². The van der Waals surface area contributed by atoms with Crippen molar-refractivity contribution in [2.75, 3.05) is 13.7 Å². The molecule has 5 nitrogen and oxygen atoms in total. The number of methoxy groups -OCH3 is 1. The average molecular weight is 353 g/mol. The lowest BCUT2D eigenvalue weighted by Crippen LogP contribution is -2.26. The minimum Gasteiger partial charge on any atom is -0.480 e. The number of pyridine rings is 1. The van der Waals surface area contributed by atoms with Crippen LogP contribution in [-0.2, 0) is 19.3 Å². The molecule has 0 bridgehead atoms. The van der Waals surface area contributed by atoms with Gasteiger partial charge in [-0.3, -0.25) is 4.79 Å². The largest absolute Gasteiger partial charge is 0.480 e. The molecule has 0 unspecified atom stereocenters. The van der Waals surface area contributed by atoms with Crippen molar-refractivity contribution in [3.8, 4) is 5.88 Å². The van der Waals surface area contributed by atoms with Crippen molar-refractivity contribution in [3.63, 3.8) is 0 Å². The van der Waals surface area contributed by atoms with Crippen molar-refractivity contribution in [3.05, 3.63) is 52.2 Å². The van der Waals surface area contributed by atoms with Gasteiger partial charge in [-0.05, 0) is 43.0 Å². The molecular formula is C19H19N3O2S. The van der Waals surface area contributed by atoms with Crippen LogP contribution >= 0.6 is 11.3 Å². The van der Waals surface area contributed by atoms with Crippen LogP contribution < -0.4 is 10.1 Å². The summed E-state index contributed by atoms with van der Waals surface area (Å²) in [6.45, 7) is 0.541. The second kappa shape index (κ2) is 6.80. The Kier molecular flexibility index (Phi) is 4.36. The lowest BCUT2D eigenvalue weighted by atomic mass is 10.1. The molecule has 1 amide bonds. The van der Waals surface area contributed by atoms with Gasteiger partial charge in [-0.2, -0.15) is 0 Å². The monoisotopic (exact) mass is 353 g/mol. The van der Waals surface area contributed by atoms with Crippen LogP contribution in [0.15, 0.2) is 30.3 Å². The number of hydrogen-bond acceptors (Lipinski definition) is 5.